The zero-order chi connectivity index (χ0) is 18.5. The van der Waals surface area contributed by atoms with Crippen molar-refractivity contribution >= 4 is 41.2 Å². The molecular weight excluding hydrogens is 384 g/mol. The molecular formula is C19H25ClN4O2S. The van der Waals surface area contributed by atoms with E-state index in [4.69, 9.17) is 5.73 Å². The van der Waals surface area contributed by atoms with Crippen LogP contribution in [0.4, 0.5) is 5.69 Å². The first-order valence-electron chi connectivity index (χ1n) is 8.94. The van der Waals surface area contributed by atoms with Gasteiger partial charge in [-0.15, -0.1) is 23.7 Å². The number of anilines is 1. The van der Waals surface area contributed by atoms with Gasteiger partial charge in [-0.05, 0) is 50.1 Å². The number of halogens is 1. The summed E-state index contributed by atoms with van der Waals surface area (Å²) in [6.45, 7) is 2.39. The normalized spacial score (nSPS) is 13.9. The number of rotatable bonds is 6. The standard InChI is InChI=1S/C19H24N4O2S.ClH/c1-12-10-13(18(24)21-14-4-2-3-5-14)6-7-15(12)23-19(25)16-11-26-17(22-16)8-9-20;/h6-7,10-11,14H,2-5,8-9,20H2,1H3,(H,21,24)(H,23,25);1H. The Balaban J connectivity index is 0.00000261. The maximum atomic E-state index is 12.4. The Labute approximate surface area is 169 Å². The smallest absolute Gasteiger partial charge is 0.275 e. The molecule has 0 radical (unpaired) electrons. The second kappa shape index (κ2) is 9.82. The van der Waals surface area contributed by atoms with Crippen LogP contribution in [0, 0.1) is 6.92 Å². The number of nitrogens with one attached hydrogen (secondary N) is 2. The lowest BCUT2D eigenvalue weighted by Crippen LogP contribution is -2.32. The lowest BCUT2D eigenvalue weighted by atomic mass is 10.1. The number of benzene rings is 1. The zero-order valence-electron chi connectivity index (χ0n) is 15.3. The van der Waals surface area contributed by atoms with Gasteiger partial charge in [-0.25, -0.2) is 4.98 Å². The molecule has 1 fully saturated rings. The molecule has 0 bridgehead atoms. The second-order valence-electron chi connectivity index (χ2n) is 6.60. The van der Waals surface area contributed by atoms with E-state index in [1.54, 1.807) is 23.6 Å². The van der Waals surface area contributed by atoms with Gasteiger partial charge in [0.15, 0.2) is 0 Å². The Bertz CT molecular complexity index is 803. The highest BCUT2D eigenvalue weighted by molar-refractivity contribution is 7.09. The van der Waals surface area contributed by atoms with Crippen LogP contribution < -0.4 is 16.4 Å². The number of thiazole rings is 1. The van der Waals surface area contributed by atoms with Gasteiger partial charge in [-0.3, -0.25) is 9.59 Å². The van der Waals surface area contributed by atoms with E-state index in [0.29, 0.717) is 29.9 Å². The minimum Gasteiger partial charge on any atom is -0.349 e. The third-order valence-electron chi connectivity index (χ3n) is 4.57. The van der Waals surface area contributed by atoms with Crippen molar-refractivity contribution in [2.45, 2.75) is 45.1 Å². The maximum absolute atomic E-state index is 12.4. The number of aromatic nitrogens is 1. The van der Waals surface area contributed by atoms with Crippen LogP contribution in [-0.4, -0.2) is 29.4 Å². The summed E-state index contributed by atoms with van der Waals surface area (Å²) in [5, 5.41) is 8.53. The van der Waals surface area contributed by atoms with Crippen molar-refractivity contribution in [3.05, 3.63) is 45.4 Å². The fraction of sp³-hybridized carbons (Fsp3) is 0.421. The number of carbonyl (C=O) groups is 2. The molecule has 0 aliphatic heterocycles. The van der Waals surface area contributed by atoms with Crippen molar-refractivity contribution in [2.24, 2.45) is 5.73 Å². The fourth-order valence-electron chi connectivity index (χ4n) is 3.12. The molecule has 1 heterocycles. The van der Waals surface area contributed by atoms with E-state index in [1.165, 1.54) is 24.2 Å². The highest BCUT2D eigenvalue weighted by Gasteiger charge is 2.18. The van der Waals surface area contributed by atoms with E-state index in [0.717, 1.165) is 23.4 Å². The van der Waals surface area contributed by atoms with Crippen LogP contribution in [0.5, 0.6) is 0 Å². The predicted octanol–water partition coefficient (Wildman–Crippen LogP) is 3.30. The van der Waals surface area contributed by atoms with E-state index in [9.17, 15) is 9.59 Å². The molecule has 6 nitrogen and oxygen atoms in total. The molecule has 1 aromatic heterocycles. The lowest BCUT2D eigenvalue weighted by molar-refractivity contribution is 0.0937. The molecule has 0 saturated heterocycles. The summed E-state index contributed by atoms with van der Waals surface area (Å²) >= 11 is 1.43. The van der Waals surface area contributed by atoms with Crippen molar-refractivity contribution in [3.63, 3.8) is 0 Å². The Morgan fingerprint density at radius 3 is 2.67 bits per heavy atom. The molecule has 0 spiro atoms. The van der Waals surface area contributed by atoms with Crippen molar-refractivity contribution < 1.29 is 9.59 Å². The van der Waals surface area contributed by atoms with Crippen LogP contribution in [0.3, 0.4) is 0 Å². The van der Waals surface area contributed by atoms with Crippen molar-refractivity contribution in [1.82, 2.24) is 10.3 Å². The molecule has 2 amide bonds. The molecule has 0 unspecified atom stereocenters. The van der Waals surface area contributed by atoms with Crippen LogP contribution in [0.1, 0.15) is 57.1 Å². The first-order valence-corrected chi connectivity index (χ1v) is 9.82. The quantitative estimate of drug-likeness (QED) is 0.683. The monoisotopic (exact) mass is 408 g/mol. The summed E-state index contributed by atoms with van der Waals surface area (Å²) in [5.74, 6) is -0.306. The minimum atomic E-state index is -0.254. The first kappa shape index (κ1) is 21.3. The Kier molecular flexibility index (Phi) is 7.77. The Hall–Kier alpha value is -1.96. The lowest BCUT2D eigenvalue weighted by Gasteiger charge is -2.13. The van der Waals surface area contributed by atoms with Gasteiger partial charge >= 0.3 is 0 Å². The Morgan fingerprint density at radius 1 is 1.26 bits per heavy atom. The molecule has 146 valence electrons. The van der Waals surface area contributed by atoms with Crippen molar-refractivity contribution in [3.8, 4) is 0 Å². The number of hydrogen-bond donors (Lipinski definition) is 3. The average Bonchev–Trinajstić information content (AvgIpc) is 3.29. The molecule has 27 heavy (non-hydrogen) atoms. The summed E-state index contributed by atoms with van der Waals surface area (Å²) in [5.41, 5.74) is 8.04. The van der Waals surface area contributed by atoms with Gasteiger partial charge < -0.3 is 16.4 Å². The van der Waals surface area contributed by atoms with Gasteiger partial charge in [0, 0.05) is 29.1 Å². The molecule has 1 saturated carbocycles. The predicted molar refractivity (Wildman–Crippen MR) is 111 cm³/mol. The highest BCUT2D eigenvalue weighted by Crippen LogP contribution is 2.21. The number of amides is 2. The Morgan fingerprint density at radius 2 is 2.00 bits per heavy atom. The van der Waals surface area contributed by atoms with Crippen LogP contribution in [0.15, 0.2) is 23.6 Å². The third kappa shape index (κ3) is 5.51. The fourth-order valence-corrected chi connectivity index (χ4v) is 3.92. The molecule has 1 aliphatic rings. The minimum absolute atomic E-state index is 0. The zero-order valence-corrected chi connectivity index (χ0v) is 16.9. The summed E-state index contributed by atoms with van der Waals surface area (Å²) in [6, 6.07) is 5.60. The van der Waals surface area contributed by atoms with Gasteiger partial charge in [-0.1, -0.05) is 12.8 Å². The van der Waals surface area contributed by atoms with Gasteiger partial charge in [0.2, 0.25) is 0 Å². The molecule has 8 heteroatoms. The highest BCUT2D eigenvalue weighted by atomic mass is 35.5. The molecule has 1 aromatic carbocycles. The summed E-state index contributed by atoms with van der Waals surface area (Å²) in [6.07, 6.45) is 5.14. The number of nitrogens with two attached hydrogens (primary N) is 1. The topological polar surface area (TPSA) is 97.1 Å². The van der Waals surface area contributed by atoms with Crippen LogP contribution >= 0.6 is 23.7 Å². The third-order valence-corrected chi connectivity index (χ3v) is 5.48. The number of carbonyl (C=O) groups excluding carboxylic acids is 2. The molecule has 1 aliphatic carbocycles. The summed E-state index contributed by atoms with van der Waals surface area (Å²) in [4.78, 5) is 29.0. The van der Waals surface area contributed by atoms with E-state index in [2.05, 4.69) is 15.6 Å². The number of nitrogens with zero attached hydrogens (tertiary/aromatic N) is 1. The molecule has 2 aromatic rings. The molecule has 3 rings (SSSR count). The van der Waals surface area contributed by atoms with Crippen LogP contribution in [-0.2, 0) is 6.42 Å². The van der Waals surface area contributed by atoms with E-state index >= 15 is 0 Å². The van der Waals surface area contributed by atoms with Crippen molar-refractivity contribution in [1.29, 1.82) is 0 Å². The van der Waals surface area contributed by atoms with Crippen LogP contribution in [0.25, 0.3) is 0 Å². The summed E-state index contributed by atoms with van der Waals surface area (Å²) in [7, 11) is 0. The molecule has 0 atom stereocenters. The SMILES string of the molecule is Cc1cc(C(=O)NC2CCCC2)ccc1NC(=O)c1csc(CCN)n1.Cl. The molecule has 4 N–H and O–H groups in total. The van der Waals surface area contributed by atoms with Gasteiger partial charge in [-0.2, -0.15) is 0 Å². The average molecular weight is 409 g/mol. The maximum Gasteiger partial charge on any atom is 0.275 e. The first-order chi connectivity index (χ1) is 12.6. The van der Waals surface area contributed by atoms with Crippen LogP contribution in [0.2, 0.25) is 0 Å². The number of aryl methyl sites for hydroxylation is 1. The summed E-state index contributed by atoms with van der Waals surface area (Å²) < 4.78 is 0. The number of hydrogen-bond acceptors (Lipinski definition) is 5. The van der Waals surface area contributed by atoms with E-state index in [-0.39, 0.29) is 30.3 Å². The van der Waals surface area contributed by atoms with Gasteiger partial charge in [0.25, 0.3) is 11.8 Å². The van der Waals surface area contributed by atoms with Crippen molar-refractivity contribution in [2.75, 3.05) is 11.9 Å². The largest absolute Gasteiger partial charge is 0.349 e. The second-order valence-corrected chi connectivity index (χ2v) is 7.55. The van der Waals surface area contributed by atoms with Gasteiger partial charge in [0.1, 0.15) is 5.69 Å². The van der Waals surface area contributed by atoms with E-state index in [1.807, 2.05) is 6.92 Å². The van der Waals surface area contributed by atoms with Gasteiger partial charge in [0.05, 0.1) is 5.01 Å². The van der Waals surface area contributed by atoms with E-state index < -0.39 is 0 Å².